The molecule has 0 amide bonds. The molecule has 20 heavy (non-hydrogen) atoms. The molecule has 0 aliphatic carbocycles. The SMILES string of the molecule is CCC(O)c1ccc(N(C)c2cccc(OC)c2)cc1. The van der Waals surface area contributed by atoms with Crippen LogP contribution in [0.2, 0.25) is 0 Å². The van der Waals surface area contributed by atoms with Crippen molar-refractivity contribution in [1.82, 2.24) is 0 Å². The molecule has 0 aliphatic rings. The van der Waals surface area contributed by atoms with Gasteiger partial charge in [-0.05, 0) is 36.2 Å². The van der Waals surface area contributed by atoms with Gasteiger partial charge in [0.1, 0.15) is 5.75 Å². The van der Waals surface area contributed by atoms with Crippen LogP contribution in [-0.4, -0.2) is 19.3 Å². The normalized spacial score (nSPS) is 12.0. The molecule has 2 aromatic carbocycles. The van der Waals surface area contributed by atoms with Crippen molar-refractivity contribution in [3.8, 4) is 5.75 Å². The summed E-state index contributed by atoms with van der Waals surface area (Å²) >= 11 is 0. The molecule has 106 valence electrons. The van der Waals surface area contributed by atoms with E-state index in [-0.39, 0.29) is 6.10 Å². The summed E-state index contributed by atoms with van der Waals surface area (Å²) in [5.74, 6) is 0.840. The molecule has 0 bridgehead atoms. The zero-order valence-corrected chi connectivity index (χ0v) is 12.2. The Bertz CT molecular complexity index is 551. The van der Waals surface area contributed by atoms with Crippen molar-refractivity contribution in [2.24, 2.45) is 0 Å². The molecular weight excluding hydrogens is 250 g/mol. The lowest BCUT2D eigenvalue weighted by Gasteiger charge is -2.21. The van der Waals surface area contributed by atoms with Crippen LogP contribution in [0.3, 0.4) is 0 Å². The first kappa shape index (κ1) is 14.4. The van der Waals surface area contributed by atoms with Crippen molar-refractivity contribution in [2.45, 2.75) is 19.4 Å². The summed E-state index contributed by atoms with van der Waals surface area (Å²) in [7, 11) is 3.68. The molecule has 3 nitrogen and oxygen atoms in total. The third-order valence-corrected chi connectivity index (χ3v) is 3.49. The molecule has 1 N–H and O–H groups in total. The minimum atomic E-state index is -0.383. The number of ether oxygens (including phenoxy) is 1. The van der Waals surface area contributed by atoms with Crippen LogP contribution >= 0.6 is 0 Å². The average molecular weight is 271 g/mol. The van der Waals surface area contributed by atoms with E-state index >= 15 is 0 Å². The Labute approximate surface area is 120 Å². The number of hydrogen-bond acceptors (Lipinski definition) is 3. The van der Waals surface area contributed by atoms with Crippen molar-refractivity contribution in [1.29, 1.82) is 0 Å². The molecule has 0 fully saturated rings. The van der Waals surface area contributed by atoms with Gasteiger partial charge in [0.25, 0.3) is 0 Å². The first-order valence-corrected chi connectivity index (χ1v) is 6.81. The topological polar surface area (TPSA) is 32.7 Å². The molecule has 0 saturated carbocycles. The smallest absolute Gasteiger partial charge is 0.120 e. The van der Waals surface area contributed by atoms with E-state index in [1.807, 2.05) is 62.5 Å². The lowest BCUT2D eigenvalue weighted by Crippen LogP contribution is -2.09. The molecule has 3 heteroatoms. The number of hydrogen-bond donors (Lipinski definition) is 1. The Morgan fingerprint density at radius 3 is 2.40 bits per heavy atom. The Kier molecular flexibility index (Phi) is 4.64. The maximum Gasteiger partial charge on any atom is 0.120 e. The van der Waals surface area contributed by atoms with Crippen LogP contribution in [0.5, 0.6) is 5.75 Å². The lowest BCUT2D eigenvalue weighted by molar-refractivity contribution is 0.173. The van der Waals surface area contributed by atoms with Crippen molar-refractivity contribution in [2.75, 3.05) is 19.1 Å². The second-order valence-electron chi connectivity index (χ2n) is 4.78. The Morgan fingerprint density at radius 2 is 1.80 bits per heavy atom. The van der Waals surface area contributed by atoms with Gasteiger partial charge in [-0.3, -0.25) is 0 Å². The van der Waals surface area contributed by atoms with E-state index in [0.29, 0.717) is 0 Å². The van der Waals surface area contributed by atoms with Crippen LogP contribution in [-0.2, 0) is 0 Å². The van der Waals surface area contributed by atoms with Gasteiger partial charge in [-0.1, -0.05) is 25.1 Å². The van der Waals surface area contributed by atoms with Gasteiger partial charge in [-0.25, -0.2) is 0 Å². The van der Waals surface area contributed by atoms with Crippen molar-refractivity contribution in [3.63, 3.8) is 0 Å². The fourth-order valence-electron chi connectivity index (χ4n) is 2.12. The number of benzene rings is 2. The summed E-state index contributed by atoms with van der Waals surface area (Å²) in [5.41, 5.74) is 3.09. The maximum atomic E-state index is 9.81. The Morgan fingerprint density at radius 1 is 1.10 bits per heavy atom. The number of rotatable bonds is 5. The van der Waals surface area contributed by atoms with E-state index in [1.165, 1.54) is 0 Å². The first-order valence-electron chi connectivity index (χ1n) is 6.81. The molecular formula is C17H21NO2. The minimum absolute atomic E-state index is 0.383. The van der Waals surface area contributed by atoms with Crippen LogP contribution in [0.1, 0.15) is 25.0 Å². The number of aliphatic hydroxyl groups excluding tert-OH is 1. The summed E-state index contributed by atoms with van der Waals surface area (Å²) in [6, 6.07) is 15.9. The second kappa shape index (κ2) is 6.44. The van der Waals surface area contributed by atoms with E-state index in [9.17, 15) is 5.11 Å². The molecule has 0 aromatic heterocycles. The zero-order valence-electron chi connectivity index (χ0n) is 12.2. The highest BCUT2D eigenvalue weighted by atomic mass is 16.5. The van der Waals surface area contributed by atoms with Gasteiger partial charge >= 0.3 is 0 Å². The highest BCUT2D eigenvalue weighted by Gasteiger charge is 2.07. The third-order valence-electron chi connectivity index (χ3n) is 3.49. The molecule has 0 radical (unpaired) electrons. The maximum absolute atomic E-state index is 9.81. The molecule has 0 saturated heterocycles. The average Bonchev–Trinajstić information content (AvgIpc) is 2.53. The van der Waals surface area contributed by atoms with E-state index in [0.717, 1.165) is 29.1 Å². The largest absolute Gasteiger partial charge is 0.497 e. The van der Waals surface area contributed by atoms with E-state index in [4.69, 9.17) is 4.74 Å². The highest BCUT2D eigenvalue weighted by molar-refractivity contribution is 5.64. The predicted molar refractivity (Wildman–Crippen MR) is 82.7 cm³/mol. The van der Waals surface area contributed by atoms with Crippen molar-refractivity contribution < 1.29 is 9.84 Å². The van der Waals surface area contributed by atoms with Crippen molar-refractivity contribution >= 4 is 11.4 Å². The van der Waals surface area contributed by atoms with Gasteiger partial charge in [0.2, 0.25) is 0 Å². The van der Waals surface area contributed by atoms with E-state index in [1.54, 1.807) is 7.11 Å². The van der Waals surface area contributed by atoms with Gasteiger partial charge in [0.15, 0.2) is 0 Å². The number of aliphatic hydroxyl groups is 1. The van der Waals surface area contributed by atoms with Crippen LogP contribution in [0, 0.1) is 0 Å². The fraction of sp³-hybridized carbons (Fsp3) is 0.294. The molecule has 1 atom stereocenters. The van der Waals surface area contributed by atoms with Crippen molar-refractivity contribution in [3.05, 3.63) is 54.1 Å². The standard InChI is InChI=1S/C17H21NO2/c1-4-17(19)13-8-10-14(11-9-13)18(2)15-6-5-7-16(12-15)20-3/h5-12,17,19H,4H2,1-3H3. The predicted octanol–water partition coefficient (Wildman–Crippen LogP) is 3.91. The van der Waals surface area contributed by atoms with Gasteiger partial charge in [-0.2, -0.15) is 0 Å². The van der Waals surface area contributed by atoms with E-state index < -0.39 is 0 Å². The Hall–Kier alpha value is -2.00. The molecule has 2 aromatic rings. The summed E-state index contributed by atoms with van der Waals surface area (Å²) in [4.78, 5) is 2.09. The van der Waals surface area contributed by atoms with Crippen LogP contribution < -0.4 is 9.64 Å². The third kappa shape index (κ3) is 3.11. The first-order chi connectivity index (χ1) is 9.65. The number of anilines is 2. The summed E-state index contributed by atoms with van der Waals surface area (Å²) < 4.78 is 5.25. The Balaban J connectivity index is 2.22. The van der Waals surface area contributed by atoms with E-state index in [2.05, 4.69) is 4.90 Å². The van der Waals surface area contributed by atoms with Crippen LogP contribution in [0.25, 0.3) is 0 Å². The van der Waals surface area contributed by atoms with Gasteiger partial charge in [0, 0.05) is 24.5 Å². The number of methoxy groups -OCH3 is 1. The lowest BCUT2D eigenvalue weighted by atomic mass is 10.1. The summed E-state index contributed by atoms with van der Waals surface area (Å²) in [6.45, 7) is 1.97. The molecule has 0 heterocycles. The second-order valence-corrected chi connectivity index (χ2v) is 4.78. The molecule has 0 spiro atoms. The van der Waals surface area contributed by atoms with Gasteiger partial charge < -0.3 is 14.7 Å². The zero-order chi connectivity index (χ0) is 14.5. The highest BCUT2D eigenvalue weighted by Crippen LogP contribution is 2.28. The van der Waals surface area contributed by atoms with Gasteiger partial charge in [-0.15, -0.1) is 0 Å². The fourth-order valence-corrected chi connectivity index (χ4v) is 2.12. The minimum Gasteiger partial charge on any atom is -0.497 e. The molecule has 1 unspecified atom stereocenters. The number of nitrogens with zero attached hydrogens (tertiary/aromatic N) is 1. The van der Waals surface area contributed by atoms with Crippen LogP contribution in [0.15, 0.2) is 48.5 Å². The molecule has 2 rings (SSSR count). The van der Waals surface area contributed by atoms with Crippen LogP contribution in [0.4, 0.5) is 11.4 Å². The quantitative estimate of drug-likeness (QED) is 0.895. The van der Waals surface area contributed by atoms with Gasteiger partial charge in [0.05, 0.1) is 13.2 Å². The summed E-state index contributed by atoms with van der Waals surface area (Å²) in [5, 5.41) is 9.81. The molecule has 0 aliphatic heterocycles. The summed E-state index contributed by atoms with van der Waals surface area (Å²) in [6.07, 6.45) is 0.344. The monoisotopic (exact) mass is 271 g/mol.